The Hall–Kier alpha value is -0.870. The predicted octanol–water partition coefficient (Wildman–Crippen LogP) is 1.95. The van der Waals surface area contributed by atoms with Crippen LogP contribution >= 0.6 is 0 Å². The molecule has 4 nitrogen and oxygen atoms in total. The molecule has 2 unspecified atom stereocenters. The van der Waals surface area contributed by atoms with E-state index in [9.17, 15) is 4.79 Å². The molecule has 4 N–H and O–H groups in total. The van der Waals surface area contributed by atoms with Gasteiger partial charge in [-0.15, -0.1) is 0 Å². The van der Waals surface area contributed by atoms with Gasteiger partial charge in [0, 0.05) is 17.6 Å². The zero-order valence-corrected chi connectivity index (χ0v) is 13.0. The van der Waals surface area contributed by atoms with Crippen molar-refractivity contribution < 1.29 is 4.79 Å². The van der Waals surface area contributed by atoms with E-state index >= 15 is 0 Å². The lowest BCUT2D eigenvalue weighted by molar-refractivity contribution is -0.116. The molecule has 0 radical (unpaired) electrons. The lowest BCUT2D eigenvalue weighted by Gasteiger charge is -2.32. The van der Waals surface area contributed by atoms with E-state index in [1.165, 1.54) is 6.08 Å². The Morgan fingerprint density at radius 2 is 1.84 bits per heavy atom. The molecule has 0 saturated heterocycles. The van der Waals surface area contributed by atoms with E-state index in [1.54, 1.807) is 0 Å². The van der Waals surface area contributed by atoms with Crippen LogP contribution in [0.25, 0.3) is 0 Å². The number of nitrogens with two attached hydrogens (primary N) is 1. The van der Waals surface area contributed by atoms with E-state index < -0.39 is 0 Å². The van der Waals surface area contributed by atoms with E-state index in [4.69, 9.17) is 5.73 Å². The second-order valence-corrected chi connectivity index (χ2v) is 5.84. The molecule has 0 aromatic rings. The Labute approximate surface area is 118 Å². The average molecular weight is 269 g/mol. The van der Waals surface area contributed by atoms with Crippen molar-refractivity contribution in [3.8, 4) is 0 Å². The van der Waals surface area contributed by atoms with E-state index in [0.29, 0.717) is 6.54 Å². The first-order valence-electron chi connectivity index (χ1n) is 7.23. The largest absolute Gasteiger partial charge is 0.353 e. The summed E-state index contributed by atoms with van der Waals surface area (Å²) >= 11 is 0. The zero-order valence-electron chi connectivity index (χ0n) is 13.0. The summed E-state index contributed by atoms with van der Waals surface area (Å²) in [6, 6.07) is 0. The van der Waals surface area contributed by atoms with Crippen LogP contribution < -0.4 is 16.4 Å². The molecule has 19 heavy (non-hydrogen) atoms. The van der Waals surface area contributed by atoms with Gasteiger partial charge in [-0.2, -0.15) is 0 Å². The Bertz CT molecular complexity index is 289. The summed E-state index contributed by atoms with van der Waals surface area (Å²) in [6.07, 6.45) is 5.16. The first kappa shape index (κ1) is 18.1. The number of amides is 1. The van der Waals surface area contributed by atoms with Gasteiger partial charge in [-0.3, -0.25) is 4.79 Å². The SMILES string of the molecule is C=CC(=O)NCCC(C)(CC)NCCC(C)(N)CC. The van der Waals surface area contributed by atoms with Gasteiger partial charge in [-0.1, -0.05) is 20.4 Å². The van der Waals surface area contributed by atoms with Crippen LogP contribution in [0.15, 0.2) is 12.7 Å². The van der Waals surface area contributed by atoms with Gasteiger partial charge in [0.2, 0.25) is 5.91 Å². The molecule has 0 fully saturated rings. The van der Waals surface area contributed by atoms with Gasteiger partial charge in [0.1, 0.15) is 0 Å². The third-order valence-corrected chi connectivity index (χ3v) is 4.00. The Morgan fingerprint density at radius 3 is 2.32 bits per heavy atom. The summed E-state index contributed by atoms with van der Waals surface area (Å²) in [5.74, 6) is -0.112. The highest BCUT2D eigenvalue weighted by Gasteiger charge is 2.22. The van der Waals surface area contributed by atoms with Crippen LogP contribution in [0.4, 0.5) is 0 Å². The smallest absolute Gasteiger partial charge is 0.243 e. The molecule has 0 aliphatic carbocycles. The predicted molar refractivity (Wildman–Crippen MR) is 82.0 cm³/mol. The van der Waals surface area contributed by atoms with Crippen molar-refractivity contribution in [1.82, 2.24) is 10.6 Å². The third kappa shape index (κ3) is 8.01. The van der Waals surface area contributed by atoms with Crippen LogP contribution in [-0.2, 0) is 4.79 Å². The van der Waals surface area contributed by atoms with Gasteiger partial charge in [0.15, 0.2) is 0 Å². The van der Waals surface area contributed by atoms with E-state index in [1.807, 2.05) is 0 Å². The maximum absolute atomic E-state index is 11.1. The first-order valence-corrected chi connectivity index (χ1v) is 7.23. The molecule has 0 aromatic heterocycles. The summed E-state index contributed by atoms with van der Waals surface area (Å²) in [4.78, 5) is 11.1. The number of carbonyl (C=O) groups is 1. The Kier molecular flexibility index (Phi) is 7.95. The molecule has 1 amide bonds. The van der Waals surface area contributed by atoms with Crippen molar-refractivity contribution >= 4 is 5.91 Å². The van der Waals surface area contributed by atoms with Crippen LogP contribution in [0, 0.1) is 0 Å². The lowest BCUT2D eigenvalue weighted by Crippen LogP contribution is -2.47. The molecule has 0 aliphatic heterocycles. The molecule has 0 aliphatic rings. The van der Waals surface area contributed by atoms with Crippen molar-refractivity contribution in [3.63, 3.8) is 0 Å². The minimum absolute atomic E-state index is 0.0400. The summed E-state index contributed by atoms with van der Waals surface area (Å²) < 4.78 is 0. The molecule has 112 valence electrons. The summed E-state index contributed by atoms with van der Waals surface area (Å²) in [5, 5.41) is 6.39. The van der Waals surface area contributed by atoms with Gasteiger partial charge >= 0.3 is 0 Å². The van der Waals surface area contributed by atoms with Gasteiger partial charge in [0.05, 0.1) is 0 Å². The molecule has 0 heterocycles. The Balaban J connectivity index is 4.08. The van der Waals surface area contributed by atoms with Crippen LogP contribution in [0.1, 0.15) is 53.4 Å². The van der Waals surface area contributed by atoms with Crippen molar-refractivity contribution in [1.29, 1.82) is 0 Å². The maximum Gasteiger partial charge on any atom is 0.243 e. The quantitative estimate of drug-likeness (QED) is 0.531. The van der Waals surface area contributed by atoms with Gasteiger partial charge in [0.25, 0.3) is 0 Å². The van der Waals surface area contributed by atoms with E-state index in [2.05, 4.69) is 44.9 Å². The highest BCUT2D eigenvalue weighted by molar-refractivity contribution is 5.86. The van der Waals surface area contributed by atoms with Gasteiger partial charge in [-0.25, -0.2) is 0 Å². The highest BCUT2D eigenvalue weighted by Crippen LogP contribution is 2.15. The fourth-order valence-corrected chi connectivity index (χ4v) is 1.75. The number of hydrogen-bond donors (Lipinski definition) is 3. The average Bonchev–Trinajstić information content (AvgIpc) is 2.38. The molecule has 0 spiro atoms. The van der Waals surface area contributed by atoms with Crippen LogP contribution in [-0.4, -0.2) is 30.1 Å². The van der Waals surface area contributed by atoms with E-state index in [-0.39, 0.29) is 17.0 Å². The third-order valence-electron chi connectivity index (χ3n) is 4.00. The summed E-state index contributed by atoms with van der Waals surface area (Å²) in [7, 11) is 0. The molecule has 2 atom stereocenters. The fourth-order valence-electron chi connectivity index (χ4n) is 1.75. The van der Waals surface area contributed by atoms with Gasteiger partial charge in [-0.05, 0) is 52.2 Å². The molecule has 0 bridgehead atoms. The molecule has 0 aromatic carbocycles. The molecule has 0 rings (SSSR count). The number of hydrogen-bond acceptors (Lipinski definition) is 3. The Morgan fingerprint density at radius 1 is 1.21 bits per heavy atom. The second-order valence-electron chi connectivity index (χ2n) is 5.84. The fraction of sp³-hybridized carbons (Fsp3) is 0.800. The summed E-state index contributed by atoms with van der Waals surface area (Å²) in [6.45, 7) is 13.6. The van der Waals surface area contributed by atoms with Crippen molar-refractivity contribution in [2.75, 3.05) is 13.1 Å². The molecular weight excluding hydrogens is 238 g/mol. The normalized spacial score (nSPS) is 17.3. The van der Waals surface area contributed by atoms with Gasteiger partial charge < -0.3 is 16.4 Å². The van der Waals surface area contributed by atoms with Crippen molar-refractivity contribution in [3.05, 3.63) is 12.7 Å². The number of rotatable bonds is 10. The topological polar surface area (TPSA) is 67.2 Å². The van der Waals surface area contributed by atoms with Crippen molar-refractivity contribution in [2.24, 2.45) is 5.73 Å². The maximum atomic E-state index is 11.1. The number of nitrogens with one attached hydrogen (secondary N) is 2. The first-order chi connectivity index (χ1) is 8.78. The minimum atomic E-state index is -0.112. The van der Waals surface area contributed by atoms with E-state index in [0.717, 1.165) is 32.2 Å². The van der Waals surface area contributed by atoms with Crippen LogP contribution in [0.2, 0.25) is 0 Å². The van der Waals surface area contributed by atoms with Crippen molar-refractivity contribution in [2.45, 2.75) is 64.5 Å². The second kappa shape index (κ2) is 8.33. The molecular formula is C15H31N3O. The highest BCUT2D eigenvalue weighted by atomic mass is 16.1. The molecule has 0 saturated carbocycles. The monoisotopic (exact) mass is 269 g/mol. The zero-order chi connectivity index (χ0) is 14.9. The minimum Gasteiger partial charge on any atom is -0.353 e. The van der Waals surface area contributed by atoms with Crippen LogP contribution in [0.5, 0.6) is 0 Å². The van der Waals surface area contributed by atoms with Crippen LogP contribution in [0.3, 0.4) is 0 Å². The number of carbonyl (C=O) groups excluding carboxylic acids is 1. The molecule has 4 heteroatoms. The standard InChI is InChI=1S/C15H31N3O/c1-6-13(19)17-11-10-15(5,8-3)18-12-9-14(4,16)7-2/h6,18H,1,7-12,16H2,2-5H3,(H,17,19). The summed E-state index contributed by atoms with van der Waals surface area (Å²) in [5.41, 5.74) is 6.08. The lowest BCUT2D eigenvalue weighted by atomic mass is 9.92.